The lowest BCUT2D eigenvalue weighted by Crippen LogP contribution is -2.28. The van der Waals surface area contributed by atoms with Gasteiger partial charge in [0.25, 0.3) is 0 Å². The van der Waals surface area contributed by atoms with E-state index in [-0.39, 0.29) is 6.10 Å². The Labute approximate surface area is 63.7 Å². The molecule has 1 N–H and O–H groups in total. The molecular weight excluding hydrogens is 146 g/mol. The van der Waals surface area contributed by atoms with E-state index in [1.54, 1.807) is 0 Å². The topological polar surface area (TPSA) is 33.1 Å². The molecule has 1 aromatic rings. The molecule has 54 valence electrons. The zero-order valence-corrected chi connectivity index (χ0v) is 6.34. The minimum atomic E-state index is -0.123. The van der Waals surface area contributed by atoms with Crippen LogP contribution in [-0.2, 0) is 0 Å². The van der Waals surface area contributed by atoms with Gasteiger partial charge < -0.3 is 5.11 Å². The minimum Gasteiger partial charge on any atom is -0.392 e. The van der Waals surface area contributed by atoms with Crippen LogP contribution in [0.15, 0.2) is 11.4 Å². The number of hydrogen-bond acceptors (Lipinski definition) is 3. The number of aromatic nitrogens is 1. The van der Waals surface area contributed by atoms with Crippen molar-refractivity contribution in [3.05, 3.63) is 17.1 Å². The number of nitrogens with zero attached hydrogens (tertiary/aromatic N) is 1. The van der Waals surface area contributed by atoms with Crippen molar-refractivity contribution in [2.45, 2.75) is 24.9 Å². The molecule has 0 saturated heterocycles. The van der Waals surface area contributed by atoms with Crippen LogP contribution >= 0.6 is 11.5 Å². The molecule has 1 fully saturated rings. The van der Waals surface area contributed by atoms with Crippen molar-refractivity contribution in [2.75, 3.05) is 0 Å². The van der Waals surface area contributed by atoms with Crippen molar-refractivity contribution in [1.29, 1.82) is 0 Å². The molecule has 0 aromatic carbocycles. The highest BCUT2D eigenvalue weighted by Gasteiger charge is 2.31. The van der Waals surface area contributed by atoms with Crippen molar-refractivity contribution < 1.29 is 5.11 Å². The first-order valence-corrected chi connectivity index (χ1v) is 4.30. The zero-order valence-electron chi connectivity index (χ0n) is 5.53. The third-order valence-corrected chi connectivity index (χ3v) is 2.65. The summed E-state index contributed by atoms with van der Waals surface area (Å²) in [5.41, 5.74) is 1.07. The highest BCUT2D eigenvalue weighted by molar-refractivity contribution is 7.03. The summed E-state index contributed by atoms with van der Waals surface area (Å²) in [7, 11) is 0. The molecular formula is C7H9NOS. The average Bonchev–Trinajstić information content (AvgIpc) is 2.37. The molecule has 1 aromatic heterocycles. The van der Waals surface area contributed by atoms with Gasteiger partial charge in [0.15, 0.2) is 0 Å². The molecule has 1 heterocycles. The molecule has 0 bridgehead atoms. The summed E-state index contributed by atoms with van der Waals surface area (Å²) in [4.78, 5) is 0. The summed E-state index contributed by atoms with van der Waals surface area (Å²) in [6, 6.07) is 2.00. The first-order chi connectivity index (χ1) is 4.88. The lowest BCUT2D eigenvalue weighted by atomic mass is 9.80. The summed E-state index contributed by atoms with van der Waals surface area (Å²) < 4.78 is 4.17. The highest BCUT2D eigenvalue weighted by Crippen LogP contribution is 2.35. The number of hydrogen-bond donors (Lipinski definition) is 1. The van der Waals surface area contributed by atoms with E-state index in [9.17, 15) is 5.11 Å². The molecule has 2 rings (SSSR count). The second-order valence-corrected chi connectivity index (χ2v) is 3.34. The van der Waals surface area contributed by atoms with Gasteiger partial charge in [-0.3, -0.25) is 0 Å². The van der Waals surface area contributed by atoms with E-state index in [1.165, 1.54) is 11.5 Å². The van der Waals surface area contributed by atoms with Gasteiger partial charge in [-0.2, -0.15) is 4.37 Å². The normalized spacial score (nSPS) is 31.7. The first kappa shape index (κ1) is 6.31. The van der Waals surface area contributed by atoms with Gasteiger partial charge in [0.05, 0.1) is 11.8 Å². The maximum absolute atomic E-state index is 9.24. The molecule has 2 nitrogen and oxygen atoms in total. The summed E-state index contributed by atoms with van der Waals surface area (Å²) in [5, 5.41) is 11.2. The maximum atomic E-state index is 9.24. The smallest absolute Gasteiger partial charge is 0.0624 e. The van der Waals surface area contributed by atoms with Gasteiger partial charge in [0, 0.05) is 11.3 Å². The Hall–Kier alpha value is -0.410. The van der Waals surface area contributed by atoms with Gasteiger partial charge in [-0.25, -0.2) is 0 Å². The van der Waals surface area contributed by atoms with Crippen LogP contribution in [0.1, 0.15) is 24.5 Å². The molecule has 2 unspecified atom stereocenters. The van der Waals surface area contributed by atoms with E-state index in [0.717, 1.165) is 18.5 Å². The quantitative estimate of drug-likeness (QED) is 0.664. The van der Waals surface area contributed by atoms with E-state index in [2.05, 4.69) is 4.37 Å². The Morgan fingerprint density at radius 2 is 2.50 bits per heavy atom. The Bertz CT molecular complexity index is 209. The molecule has 0 radical (unpaired) electrons. The Morgan fingerprint density at radius 1 is 1.60 bits per heavy atom. The van der Waals surface area contributed by atoms with Crippen LogP contribution in [0.5, 0.6) is 0 Å². The SMILES string of the molecule is OC1CCC1c1ccsn1. The average molecular weight is 155 g/mol. The molecule has 0 spiro atoms. The molecule has 0 aliphatic heterocycles. The fourth-order valence-electron chi connectivity index (χ4n) is 1.24. The fourth-order valence-corrected chi connectivity index (χ4v) is 1.82. The van der Waals surface area contributed by atoms with Crippen LogP contribution in [0.2, 0.25) is 0 Å². The van der Waals surface area contributed by atoms with Gasteiger partial charge in [-0.15, -0.1) is 0 Å². The van der Waals surface area contributed by atoms with E-state index in [4.69, 9.17) is 0 Å². The molecule has 1 aliphatic rings. The Balaban J connectivity index is 2.14. The van der Waals surface area contributed by atoms with Gasteiger partial charge in [-0.05, 0) is 30.4 Å². The van der Waals surface area contributed by atoms with Crippen LogP contribution in [0, 0.1) is 0 Å². The Kier molecular flexibility index (Phi) is 1.47. The van der Waals surface area contributed by atoms with Gasteiger partial charge in [0.2, 0.25) is 0 Å². The van der Waals surface area contributed by atoms with Crippen LogP contribution in [0.4, 0.5) is 0 Å². The van der Waals surface area contributed by atoms with Gasteiger partial charge >= 0.3 is 0 Å². The predicted molar refractivity (Wildman–Crippen MR) is 40.1 cm³/mol. The second kappa shape index (κ2) is 2.32. The summed E-state index contributed by atoms with van der Waals surface area (Å²) in [6.07, 6.45) is 1.93. The van der Waals surface area contributed by atoms with E-state index < -0.39 is 0 Å². The molecule has 3 heteroatoms. The summed E-state index contributed by atoms with van der Waals surface area (Å²) in [6.45, 7) is 0. The number of aliphatic hydroxyl groups excluding tert-OH is 1. The van der Waals surface area contributed by atoms with Crippen molar-refractivity contribution in [2.24, 2.45) is 0 Å². The zero-order chi connectivity index (χ0) is 6.97. The van der Waals surface area contributed by atoms with Crippen LogP contribution in [0.25, 0.3) is 0 Å². The fraction of sp³-hybridized carbons (Fsp3) is 0.571. The number of rotatable bonds is 1. The third kappa shape index (κ3) is 0.859. The first-order valence-electron chi connectivity index (χ1n) is 3.46. The molecule has 10 heavy (non-hydrogen) atoms. The van der Waals surface area contributed by atoms with Crippen molar-refractivity contribution >= 4 is 11.5 Å². The van der Waals surface area contributed by atoms with Crippen molar-refractivity contribution in [3.63, 3.8) is 0 Å². The van der Waals surface area contributed by atoms with Crippen LogP contribution < -0.4 is 0 Å². The lowest BCUT2D eigenvalue weighted by Gasteiger charge is -2.30. The molecule has 1 saturated carbocycles. The van der Waals surface area contributed by atoms with Crippen LogP contribution in [-0.4, -0.2) is 15.6 Å². The van der Waals surface area contributed by atoms with Gasteiger partial charge in [-0.1, -0.05) is 0 Å². The lowest BCUT2D eigenvalue weighted by molar-refractivity contribution is 0.0647. The standard InChI is InChI=1S/C7H9NOS/c9-7-2-1-5(7)6-3-4-10-8-6/h3-5,7,9H,1-2H2. The van der Waals surface area contributed by atoms with E-state index in [0.29, 0.717) is 5.92 Å². The molecule has 2 atom stereocenters. The van der Waals surface area contributed by atoms with Crippen LogP contribution in [0.3, 0.4) is 0 Å². The second-order valence-electron chi connectivity index (χ2n) is 2.68. The van der Waals surface area contributed by atoms with E-state index >= 15 is 0 Å². The predicted octanol–water partition coefficient (Wildman–Crippen LogP) is 1.38. The van der Waals surface area contributed by atoms with Crippen molar-refractivity contribution in [3.8, 4) is 0 Å². The molecule has 0 amide bonds. The maximum Gasteiger partial charge on any atom is 0.0624 e. The van der Waals surface area contributed by atoms with Crippen molar-refractivity contribution in [1.82, 2.24) is 4.37 Å². The summed E-state index contributed by atoms with van der Waals surface area (Å²) in [5.74, 6) is 0.339. The largest absolute Gasteiger partial charge is 0.392 e. The monoisotopic (exact) mass is 155 g/mol. The van der Waals surface area contributed by atoms with E-state index in [1.807, 2.05) is 11.4 Å². The number of aliphatic hydroxyl groups is 1. The molecule has 1 aliphatic carbocycles. The third-order valence-electron chi connectivity index (χ3n) is 2.08. The summed E-state index contributed by atoms with van der Waals surface area (Å²) >= 11 is 1.46. The van der Waals surface area contributed by atoms with Gasteiger partial charge in [0.1, 0.15) is 0 Å². The Morgan fingerprint density at radius 3 is 2.90 bits per heavy atom. The minimum absolute atomic E-state index is 0.123. The highest BCUT2D eigenvalue weighted by atomic mass is 32.1.